The summed E-state index contributed by atoms with van der Waals surface area (Å²) in [6.07, 6.45) is 0. The van der Waals surface area contributed by atoms with E-state index in [-0.39, 0.29) is 6.54 Å². The normalized spacial score (nSPS) is 10.1. The van der Waals surface area contributed by atoms with Gasteiger partial charge in [-0.05, 0) is 11.1 Å². The Labute approximate surface area is 82.7 Å². The number of rotatable bonds is 5. The van der Waals surface area contributed by atoms with E-state index >= 15 is 0 Å². The SMILES string of the molecule is NCc1cccc(CNCC(=O)O)c1. The van der Waals surface area contributed by atoms with E-state index in [1.54, 1.807) is 0 Å². The highest BCUT2D eigenvalue weighted by molar-refractivity contribution is 5.68. The van der Waals surface area contributed by atoms with Gasteiger partial charge in [0, 0.05) is 13.1 Å². The molecule has 0 fully saturated rings. The van der Waals surface area contributed by atoms with Crippen LogP contribution in [-0.4, -0.2) is 17.6 Å². The number of carboxylic acids is 1. The van der Waals surface area contributed by atoms with Crippen molar-refractivity contribution in [2.45, 2.75) is 13.1 Å². The highest BCUT2D eigenvalue weighted by Crippen LogP contribution is 2.03. The minimum atomic E-state index is -0.847. The smallest absolute Gasteiger partial charge is 0.317 e. The molecular weight excluding hydrogens is 180 g/mol. The zero-order valence-electron chi connectivity index (χ0n) is 7.86. The van der Waals surface area contributed by atoms with Crippen LogP contribution in [0.5, 0.6) is 0 Å². The molecule has 0 amide bonds. The Morgan fingerprint density at radius 1 is 1.43 bits per heavy atom. The van der Waals surface area contributed by atoms with Crippen molar-refractivity contribution in [2.75, 3.05) is 6.54 Å². The average Bonchev–Trinajstić information content (AvgIpc) is 2.18. The standard InChI is InChI=1S/C10H14N2O2/c11-5-8-2-1-3-9(4-8)6-12-7-10(13)14/h1-4,12H,5-7,11H2,(H,13,14). The van der Waals surface area contributed by atoms with Crippen LogP contribution in [0.15, 0.2) is 24.3 Å². The fourth-order valence-electron chi connectivity index (χ4n) is 1.18. The van der Waals surface area contributed by atoms with Crippen LogP contribution in [0.1, 0.15) is 11.1 Å². The number of nitrogens with two attached hydrogens (primary N) is 1. The molecule has 4 N–H and O–H groups in total. The van der Waals surface area contributed by atoms with Gasteiger partial charge in [-0.3, -0.25) is 4.79 Å². The summed E-state index contributed by atoms with van der Waals surface area (Å²) in [5.74, 6) is -0.847. The third kappa shape index (κ3) is 3.55. The van der Waals surface area contributed by atoms with E-state index in [2.05, 4.69) is 5.32 Å². The Bertz CT molecular complexity index is 313. The lowest BCUT2D eigenvalue weighted by atomic mass is 10.1. The monoisotopic (exact) mass is 194 g/mol. The quantitative estimate of drug-likeness (QED) is 0.631. The first-order chi connectivity index (χ1) is 6.72. The summed E-state index contributed by atoms with van der Waals surface area (Å²) in [6.45, 7) is 1.04. The van der Waals surface area contributed by atoms with E-state index in [1.807, 2.05) is 24.3 Å². The van der Waals surface area contributed by atoms with Gasteiger partial charge < -0.3 is 16.2 Å². The molecule has 76 valence electrons. The molecule has 0 spiro atoms. The fraction of sp³-hybridized carbons (Fsp3) is 0.300. The number of carboxylic acid groups (broad SMARTS) is 1. The zero-order chi connectivity index (χ0) is 10.4. The molecule has 4 nitrogen and oxygen atoms in total. The summed E-state index contributed by atoms with van der Waals surface area (Å²) in [5, 5.41) is 11.2. The van der Waals surface area contributed by atoms with Gasteiger partial charge in [0.2, 0.25) is 0 Å². The summed E-state index contributed by atoms with van der Waals surface area (Å²) in [6, 6.07) is 7.77. The molecule has 0 atom stereocenters. The molecule has 4 heteroatoms. The van der Waals surface area contributed by atoms with Crippen LogP contribution in [-0.2, 0) is 17.9 Å². The number of carbonyl (C=O) groups is 1. The van der Waals surface area contributed by atoms with Gasteiger partial charge in [-0.2, -0.15) is 0 Å². The Morgan fingerprint density at radius 2 is 2.14 bits per heavy atom. The third-order valence-electron chi connectivity index (χ3n) is 1.83. The van der Waals surface area contributed by atoms with Gasteiger partial charge in [0.15, 0.2) is 0 Å². The van der Waals surface area contributed by atoms with Crippen LogP contribution in [0.4, 0.5) is 0 Å². The predicted octanol–water partition coefficient (Wildman–Crippen LogP) is 0.319. The van der Waals surface area contributed by atoms with Gasteiger partial charge in [-0.15, -0.1) is 0 Å². The Kier molecular flexibility index (Phi) is 4.10. The summed E-state index contributed by atoms with van der Waals surface area (Å²) in [5.41, 5.74) is 7.59. The minimum Gasteiger partial charge on any atom is -0.480 e. The lowest BCUT2D eigenvalue weighted by Crippen LogP contribution is -2.21. The van der Waals surface area contributed by atoms with Crippen LogP contribution >= 0.6 is 0 Å². The highest BCUT2D eigenvalue weighted by atomic mass is 16.4. The van der Waals surface area contributed by atoms with Crippen molar-refractivity contribution in [3.05, 3.63) is 35.4 Å². The van der Waals surface area contributed by atoms with Crippen molar-refractivity contribution in [3.63, 3.8) is 0 Å². The van der Waals surface area contributed by atoms with Crippen molar-refractivity contribution in [1.82, 2.24) is 5.32 Å². The molecule has 0 aliphatic heterocycles. The van der Waals surface area contributed by atoms with E-state index in [0.29, 0.717) is 13.1 Å². The number of aliphatic carboxylic acids is 1. The number of hydrogen-bond acceptors (Lipinski definition) is 3. The van der Waals surface area contributed by atoms with Gasteiger partial charge in [0.1, 0.15) is 0 Å². The summed E-state index contributed by atoms with van der Waals surface area (Å²) in [7, 11) is 0. The van der Waals surface area contributed by atoms with Crippen LogP contribution in [0.2, 0.25) is 0 Å². The topological polar surface area (TPSA) is 75.3 Å². The van der Waals surface area contributed by atoms with Gasteiger partial charge in [0.25, 0.3) is 0 Å². The second-order valence-corrected chi connectivity index (χ2v) is 3.02. The lowest BCUT2D eigenvalue weighted by Gasteiger charge is -2.03. The maximum atomic E-state index is 10.2. The largest absolute Gasteiger partial charge is 0.480 e. The molecule has 1 aromatic carbocycles. The Hall–Kier alpha value is -1.39. The molecule has 0 heterocycles. The van der Waals surface area contributed by atoms with E-state index in [9.17, 15) is 4.79 Å². The molecule has 0 saturated carbocycles. The van der Waals surface area contributed by atoms with Crippen molar-refractivity contribution in [1.29, 1.82) is 0 Å². The molecule has 0 radical (unpaired) electrons. The third-order valence-corrected chi connectivity index (χ3v) is 1.83. The minimum absolute atomic E-state index is 0.0210. The van der Waals surface area contributed by atoms with Gasteiger partial charge in [0.05, 0.1) is 6.54 Å². The first-order valence-corrected chi connectivity index (χ1v) is 4.43. The molecule has 14 heavy (non-hydrogen) atoms. The molecule has 0 saturated heterocycles. The van der Waals surface area contributed by atoms with E-state index < -0.39 is 5.97 Å². The molecule has 1 rings (SSSR count). The van der Waals surface area contributed by atoms with Crippen LogP contribution in [0.25, 0.3) is 0 Å². The Morgan fingerprint density at radius 3 is 2.79 bits per heavy atom. The highest BCUT2D eigenvalue weighted by Gasteiger charge is 1.97. The number of benzene rings is 1. The zero-order valence-corrected chi connectivity index (χ0v) is 7.86. The average molecular weight is 194 g/mol. The first-order valence-electron chi connectivity index (χ1n) is 4.43. The second-order valence-electron chi connectivity index (χ2n) is 3.02. The number of nitrogens with one attached hydrogen (secondary N) is 1. The molecular formula is C10H14N2O2. The summed E-state index contributed by atoms with van der Waals surface area (Å²) < 4.78 is 0. The van der Waals surface area contributed by atoms with Gasteiger partial charge in [-0.25, -0.2) is 0 Å². The van der Waals surface area contributed by atoms with E-state index in [0.717, 1.165) is 11.1 Å². The maximum Gasteiger partial charge on any atom is 0.317 e. The maximum absolute atomic E-state index is 10.2. The molecule has 0 aromatic heterocycles. The van der Waals surface area contributed by atoms with E-state index in [1.165, 1.54) is 0 Å². The van der Waals surface area contributed by atoms with Gasteiger partial charge >= 0.3 is 5.97 Å². The van der Waals surface area contributed by atoms with Crippen molar-refractivity contribution >= 4 is 5.97 Å². The van der Waals surface area contributed by atoms with Crippen molar-refractivity contribution < 1.29 is 9.90 Å². The predicted molar refractivity (Wildman–Crippen MR) is 53.7 cm³/mol. The molecule has 0 aliphatic carbocycles. The van der Waals surface area contributed by atoms with Crippen molar-refractivity contribution in [3.8, 4) is 0 Å². The number of hydrogen-bond donors (Lipinski definition) is 3. The summed E-state index contributed by atoms with van der Waals surface area (Å²) in [4.78, 5) is 10.2. The second kappa shape index (κ2) is 5.36. The fourth-order valence-corrected chi connectivity index (χ4v) is 1.18. The van der Waals surface area contributed by atoms with Gasteiger partial charge in [-0.1, -0.05) is 24.3 Å². The van der Waals surface area contributed by atoms with Crippen LogP contribution < -0.4 is 11.1 Å². The first kappa shape index (κ1) is 10.7. The summed E-state index contributed by atoms with van der Waals surface area (Å²) >= 11 is 0. The Balaban J connectivity index is 2.46. The van der Waals surface area contributed by atoms with E-state index in [4.69, 9.17) is 10.8 Å². The molecule has 1 aromatic rings. The molecule has 0 aliphatic rings. The lowest BCUT2D eigenvalue weighted by molar-refractivity contribution is -0.135. The molecule has 0 unspecified atom stereocenters. The molecule has 0 bridgehead atoms. The van der Waals surface area contributed by atoms with Crippen molar-refractivity contribution in [2.24, 2.45) is 5.73 Å². The van der Waals surface area contributed by atoms with Crippen LogP contribution in [0, 0.1) is 0 Å². The van der Waals surface area contributed by atoms with Crippen LogP contribution in [0.3, 0.4) is 0 Å².